The van der Waals surface area contributed by atoms with Crippen LogP contribution in [0, 0.1) is 0 Å². The summed E-state index contributed by atoms with van der Waals surface area (Å²) in [7, 11) is 0. The standard InChI is InChI=1S/2C6H11.2C5H11.Sn/c2*1-2-4-6-5-3-1;2*1-3-5-4-2;/h2*1H,2-6H2;2*1,3-5H2,2H3;. The fourth-order valence-corrected chi connectivity index (χ4v) is 27.4. The first-order valence-electron chi connectivity index (χ1n) is 11.3. The topological polar surface area (TPSA) is 0 Å². The van der Waals surface area contributed by atoms with Crippen LogP contribution >= 0.6 is 0 Å². The van der Waals surface area contributed by atoms with Gasteiger partial charge in [0.05, 0.1) is 0 Å². The Morgan fingerprint density at radius 3 is 1.30 bits per heavy atom. The summed E-state index contributed by atoms with van der Waals surface area (Å²) in [4.78, 5) is 0. The molecule has 0 spiro atoms. The van der Waals surface area contributed by atoms with Gasteiger partial charge in [0.1, 0.15) is 0 Å². The molecule has 0 aromatic carbocycles. The molecule has 0 radical (unpaired) electrons. The van der Waals surface area contributed by atoms with Crippen molar-refractivity contribution in [3.63, 3.8) is 0 Å². The maximum absolute atomic E-state index is 2.40. The van der Waals surface area contributed by atoms with Gasteiger partial charge >= 0.3 is 152 Å². The molecule has 0 atom stereocenters. The van der Waals surface area contributed by atoms with Gasteiger partial charge in [-0.1, -0.05) is 0 Å². The fraction of sp³-hybridized carbons (Fsp3) is 1.00. The fourth-order valence-electron chi connectivity index (χ4n) is 6.04. The molecule has 2 fully saturated rings. The second kappa shape index (κ2) is 11.4. The number of hydrogen-bond acceptors (Lipinski definition) is 0. The van der Waals surface area contributed by atoms with Gasteiger partial charge in [-0.25, -0.2) is 0 Å². The molecule has 136 valence electrons. The van der Waals surface area contributed by atoms with Crippen molar-refractivity contribution < 1.29 is 0 Å². The summed E-state index contributed by atoms with van der Waals surface area (Å²) in [5.74, 6) is 0. The molecule has 1 heteroatoms. The van der Waals surface area contributed by atoms with Crippen molar-refractivity contribution in [1.82, 2.24) is 0 Å². The molecule has 0 saturated heterocycles. The van der Waals surface area contributed by atoms with Gasteiger partial charge in [-0.3, -0.25) is 0 Å². The third-order valence-electron chi connectivity index (χ3n) is 7.33. The van der Waals surface area contributed by atoms with E-state index in [2.05, 4.69) is 13.8 Å². The molecule has 2 aliphatic rings. The molecule has 0 heterocycles. The summed E-state index contributed by atoms with van der Waals surface area (Å²) < 4.78 is 6.13. The summed E-state index contributed by atoms with van der Waals surface area (Å²) in [5.41, 5.74) is 0. The third kappa shape index (κ3) is 5.93. The average molecular weight is 427 g/mol. The van der Waals surface area contributed by atoms with Crippen molar-refractivity contribution in [2.45, 2.75) is 133 Å². The molecule has 0 aromatic rings. The Kier molecular flexibility index (Phi) is 9.99. The molecule has 0 nitrogen and oxygen atoms in total. The van der Waals surface area contributed by atoms with Crippen molar-refractivity contribution >= 4 is 18.4 Å². The van der Waals surface area contributed by atoms with Gasteiger partial charge in [0, 0.05) is 0 Å². The summed E-state index contributed by atoms with van der Waals surface area (Å²) in [6, 6.07) is 0. The molecular weight excluding hydrogens is 383 g/mol. The van der Waals surface area contributed by atoms with Gasteiger partial charge in [0.2, 0.25) is 0 Å². The molecule has 23 heavy (non-hydrogen) atoms. The SMILES string of the molecule is CCCC[CH2][Sn]([CH2]CCCC)([CH]1CCCCC1)[CH]1CCCCC1. The van der Waals surface area contributed by atoms with Crippen LogP contribution in [0.3, 0.4) is 0 Å². The van der Waals surface area contributed by atoms with E-state index < -0.39 is 18.4 Å². The Morgan fingerprint density at radius 1 is 0.565 bits per heavy atom. The third-order valence-corrected chi connectivity index (χ3v) is 27.2. The summed E-state index contributed by atoms with van der Waals surface area (Å²) in [6.07, 6.45) is 25.1. The zero-order valence-electron chi connectivity index (χ0n) is 16.4. The quantitative estimate of drug-likeness (QED) is 0.242. The van der Waals surface area contributed by atoms with E-state index in [4.69, 9.17) is 0 Å². The zero-order chi connectivity index (χ0) is 16.4. The second-order valence-electron chi connectivity index (χ2n) is 8.82. The van der Waals surface area contributed by atoms with Gasteiger partial charge < -0.3 is 0 Å². The molecule has 0 aromatic heterocycles. The molecule has 0 unspecified atom stereocenters. The van der Waals surface area contributed by atoms with E-state index >= 15 is 0 Å². The van der Waals surface area contributed by atoms with Gasteiger partial charge in [-0.2, -0.15) is 0 Å². The zero-order valence-corrected chi connectivity index (χ0v) is 19.2. The molecule has 2 saturated carbocycles. The van der Waals surface area contributed by atoms with Crippen LogP contribution in [0.5, 0.6) is 0 Å². The van der Waals surface area contributed by atoms with Crippen LogP contribution in [0.25, 0.3) is 0 Å². The molecule has 2 rings (SSSR count). The van der Waals surface area contributed by atoms with Crippen LogP contribution in [0.4, 0.5) is 0 Å². The molecule has 0 bridgehead atoms. The summed E-state index contributed by atoms with van der Waals surface area (Å²) in [5, 5.41) is 0. The van der Waals surface area contributed by atoms with Crippen molar-refractivity contribution in [1.29, 1.82) is 0 Å². The van der Waals surface area contributed by atoms with Crippen LogP contribution in [0.1, 0.15) is 117 Å². The van der Waals surface area contributed by atoms with Crippen LogP contribution in [0.15, 0.2) is 0 Å². The monoisotopic (exact) mass is 428 g/mol. The molecular formula is C22H44Sn. The van der Waals surface area contributed by atoms with E-state index in [1.54, 1.807) is 85.9 Å². The first-order chi connectivity index (χ1) is 11.3. The van der Waals surface area contributed by atoms with Crippen molar-refractivity contribution in [2.75, 3.05) is 0 Å². The van der Waals surface area contributed by atoms with Crippen LogP contribution in [-0.4, -0.2) is 18.4 Å². The Hall–Kier alpha value is 0.799. The van der Waals surface area contributed by atoms with Crippen molar-refractivity contribution in [2.24, 2.45) is 0 Å². The number of hydrogen-bond donors (Lipinski definition) is 0. The van der Waals surface area contributed by atoms with E-state index in [1.165, 1.54) is 33.6 Å². The van der Waals surface area contributed by atoms with Crippen LogP contribution in [-0.2, 0) is 0 Å². The Balaban J connectivity index is 2.13. The normalized spacial score (nSPS) is 21.7. The van der Waals surface area contributed by atoms with Crippen molar-refractivity contribution in [3.05, 3.63) is 0 Å². The van der Waals surface area contributed by atoms with E-state index in [9.17, 15) is 0 Å². The number of unbranched alkanes of at least 4 members (excludes halogenated alkanes) is 4. The minimum absolute atomic E-state index is 1.29. The molecule has 2 aliphatic carbocycles. The van der Waals surface area contributed by atoms with Crippen molar-refractivity contribution in [3.8, 4) is 0 Å². The molecule has 0 aliphatic heterocycles. The maximum atomic E-state index is 2.40. The van der Waals surface area contributed by atoms with E-state index in [0.29, 0.717) is 0 Å². The van der Waals surface area contributed by atoms with Crippen LogP contribution < -0.4 is 0 Å². The number of rotatable bonds is 10. The van der Waals surface area contributed by atoms with Gasteiger partial charge in [-0.05, 0) is 0 Å². The predicted molar refractivity (Wildman–Crippen MR) is 108 cm³/mol. The first-order valence-corrected chi connectivity index (χ1v) is 18.7. The summed E-state index contributed by atoms with van der Waals surface area (Å²) >= 11 is -1.99. The first kappa shape index (κ1) is 20.1. The Morgan fingerprint density at radius 2 is 0.957 bits per heavy atom. The Bertz CT molecular complexity index is 256. The predicted octanol–water partition coefficient (Wildman–Crippen LogP) is 8.48. The van der Waals surface area contributed by atoms with Gasteiger partial charge in [-0.15, -0.1) is 0 Å². The summed E-state index contributed by atoms with van der Waals surface area (Å²) in [6.45, 7) is 4.80. The minimum atomic E-state index is -1.99. The van der Waals surface area contributed by atoms with Crippen LogP contribution in [0.2, 0.25) is 16.7 Å². The van der Waals surface area contributed by atoms with E-state index in [1.807, 2.05) is 0 Å². The van der Waals surface area contributed by atoms with Gasteiger partial charge in [0.25, 0.3) is 0 Å². The van der Waals surface area contributed by atoms with E-state index in [-0.39, 0.29) is 0 Å². The average Bonchev–Trinajstić information content (AvgIpc) is 2.62. The molecule has 0 N–H and O–H groups in total. The van der Waals surface area contributed by atoms with E-state index in [0.717, 1.165) is 0 Å². The Labute approximate surface area is 151 Å². The van der Waals surface area contributed by atoms with Gasteiger partial charge in [0.15, 0.2) is 0 Å². The second-order valence-corrected chi connectivity index (χ2v) is 23.4. The molecule has 0 amide bonds.